The monoisotopic (exact) mass is 260 g/mol. The summed E-state index contributed by atoms with van der Waals surface area (Å²) in [7, 11) is 0. The predicted molar refractivity (Wildman–Crippen MR) is 68.0 cm³/mol. The molecule has 0 N–H and O–H groups in total. The van der Waals surface area contributed by atoms with Crippen molar-refractivity contribution in [3.8, 4) is 0 Å². The van der Waals surface area contributed by atoms with Gasteiger partial charge in [-0.2, -0.15) is 0 Å². The molecule has 5 heteroatoms. The molecule has 0 aliphatic heterocycles. The number of carbonyl (C=O) groups excluding carboxylic acids is 1. The van der Waals surface area contributed by atoms with Crippen LogP contribution < -0.4 is 0 Å². The predicted octanol–water partition coefficient (Wildman–Crippen LogP) is 2.26. The van der Waals surface area contributed by atoms with E-state index in [-0.39, 0.29) is 5.57 Å². The van der Waals surface area contributed by atoms with Crippen LogP contribution in [0.1, 0.15) is 34.6 Å². The van der Waals surface area contributed by atoms with Crippen LogP contribution in [-0.2, 0) is 23.7 Å². The fourth-order valence-electron chi connectivity index (χ4n) is 1.39. The van der Waals surface area contributed by atoms with Gasteiger partial charge in [0, 0.05) is 12.2 Å². The second-order valence-corrected chi connectivity index (χ2v) is 3.74. The molecule has 0 aliphatic carbocycles. The summed E-state index contributed by atoms with van der Waals surface area (Å²) < 4.78 is 21.7. The zero-order chi connectivity index (χ0) is 14.2. The molecule has 0 aromatic rings. The molecule has 0 amide bonds. The molecule has 0 bridgehead atoms. The van der Waals surface area contributed by atoms with Crippen molar-refractivity contribution in [2.75, 3.05) is 19.8 Å². The van der Waals surface area contributed by atoms with Gasteiger partial charge in [-0.25, -0.2) is 4.79 Å². The van der Waals surface area contributed by atoms with E-state index < -0.39 is 18.0 Å². The number of hydrogen-bond acceptors (Lipinski definition) is 5. The van der Waals surface area contributed by atoms with Gasteiger partial charge in [-0.15, -0.1) is 0 Å². The molecule has 0 spiro atoms. The lowest BCUT2D eigenvalue weighted by Gasteiger charge is -2.36. The molecule has 0 saturated heterocycles. The van der Waals surface area contributed by atoms with E-state index >= 15 is 0 Å². The number of hydrogen-bond donors (Lipinski definition) is 0. The summed E-state index contributed by atoms with van der Waals surface area (Å²) in [6.45, 7) is 13.4. The van der Waals surface area contributed by atoms with E-state index in [9.17, 15) is 4.79 Å². The maximum absolute atomic E-state index is 11.7. The highest BCUT2D eigenvalue weighted by Crippen LogP contribution is 2.24. The SMILES string of the molecule is C=C(C)C(=O)OC(OCC)(OCC)C(C)OCC. The van der Waals surface area contributed by atoms with E-state index in [2.05, 4.69) is 6.58 Å². The van der Waals surface area contributed by atoms with Crippen LogP contribution >= 0.6 is 0 Å². The van der Waals surface area contributed by atoms with Gasteiger partial charge < -0.3 is 18.9 Å². The van der Waals surface area contributed by atoms with E-state index in [4.69, 9.17) is 18.9 Å². The largest absolute Gasteiger partial charge is 0.402 e. The van der Waals surface area contributed by atoms with Crippen LogP contribution in [0.25, 0.3) is 0 Å². The first-order valence-corrected chi connectivity index (χ1v) is 6.21. The van der Waals surface area contributed by atoms with Crippen LogP contribution in [0.3, 0.4) is 0 Å². The molecular weight excluding hydrogens is 236 g/mol. The summed E-state index contributed by atoms with van der Waals surface area (Å²) in [5.74, 6) is -2.08. The summed E-state index contributed by atoms with van der Waals surface area (Å²) in [5.41, 5.74) is 0.280. The molecule has 0 aromatic heterocycles. The van der Waals surface area contributed by atoms with Crippen molar-refractivity contribution in [2.45, 2.75) is 46.7 Å². The lowest BCUT2D eigenvalue weighted by molar-refractivity contribution is -0.394. The minimum absolute atomic E-state index is 0.280. The minimum atomic E-state index is -1.52. The number of rotatable bonds is 9. The van der Waals surface area contributed by atoms with Gasteiger partial charge in [0.05, 0.1) is 13.2 Å². The zero-order valence-corrected chi connectivity index (χ0v) is 11.9. The molecule has 1 atom stereocenters. The molecule has 0 aromatic carbocycles. The van der Waals surface area contributed by atoms with Gasteiger partial charge in [0.1, 0.15) is 6.10 Å². The third-order valence-electron chi connectivity index (χ3n) is 2.19. The third-order valence-corrected chi connectivity index (χ3v) is 2.19. The van der Waals surface area contributed by atoms with Crippen LogP contribution in [0.2, 0.25) is 0 Å². The topological polar surface area (TPSA) is 54.0 Å². The lowest BCUT2D eigenvalue weighted by atomic mass is 10.3. The summed E-state index contributed by atoms with van der Waals surface area (Å²) in [6, 6.07) is 0. The van der Waals surface area contributed by atoms with Gasteiger partial charge in [-0.3, -0.25) is 0 Å². The second kappa shape index (κ2) is 8.24. The fourth-order valence-corrected chi connectivity index (χ4v) is 1.39. The van der Waals surface area contributed by atoms with Crippen molar-refractivity contribution in [2.24, 2.45) is 0 Å². The number of ether oxygens (including phenoxy) is 4. The molecule has 106 valence electrons. The molecule has 1 unspecified atom stereocenters. The van der Waals surface area contributed by atoms with Gasteiger partial charge in [-0.1, -0.05) is 6.58 Å². The molecule has 18 heavy (non-hydrogen) atoms. The van der Waals surface area contributed by atoms with E-state index in [1.54, 1.807) is 27.7 Å². The lowest BCUT2D eigenvalue weighted by Crippen LogP contribution is -2.51. The fraction of sp³-hybridized carbons (Fsp3) is 0.769. The average Bonchev–Trinajstić information content (AvgIpc) is 2.29. The van der Waals surface area contributed by atoms with Crippen LogP contribution in [0.15, 0.2) is 12.2 Å². The second-order valence-electron chi connectivity index (χ2n) is 3.74. The van der Waals surface area contributed by atoms with Crippen LogP contribution in [-0.4, -0.2) is 37.9 Å². The summed E-state index contributed by atoms with van der Waals surface area (Å²) in [4.78, 5) is 11.7. The first-order valence-electron chi connectivity index (χ1n) is 6.21. The number of carbonyl (C=O) groups is 1. The molecule has 0 heterocycles. The van der Waals surface area contributed by atoms with Crippen LogP contribution in [0.4, 0.5) is 0 Å². The zero-order valence-electron chi connectivity index (χ0n) is 11.9. The summed E-state index contributed by atoms with van der Waals surface area (Å²) >= 11 is 0. The van der Waals surface area contributed by atoms with Crippen molar-refractivity contribution >= 4 is 5.97 Å². The highest BCUT2D eigenvalue weighted by molar-refractivity contribution is 5.87. The maximum atomic E-state index is 11.7. The Bertz CT molecular complexity index is 269. The Morgan fingerprint density at radius 3 is 2.00 bits per heavy atom. The smallest absolute Gasteiger partial charge is 0.356 e. The molecule has 0 radical (unpaired) electrons. The summed E-state index contributed by atoms with van der Waals surface area (Å²) in [6.07, 6.45) is -0.536. The third kappa shape index (κ3) is 4.76. The van der Waals surface area contributed by atoms with Gasteiger partial charge in [-0.05, 0) is 34.6 Å². The van der Waals surface area contributed by atoms with E-state index in [1.165, 1.54) is 0 Å². The van der Waals surface area contributed by atoms with Gasteiger partial charge in [0.25, 0.3) is 0 Å². The average molecular weight is 260 g/mol. The van der Waals surface area contributed by atoms with Crippen LogP contribution in [0.5, 0.6) is 0 Å². The highest BCUT2D eigenvalue weighted by Gasteiger charge is 2.43. The first kappa shape index (κ1) is 17.1. The Morgan fingerprint density at radius 1 is 1.17 bits per heavy atom. The Morgan fingerprint density at radius 2 is 1.67 bits per heavy atom. The Kier molecular flexibility index (Phi) is 7.82. The molecule has 0 fully saturated rings. The maximum Gasteiger partial charge on any atom is 0.356 e. The van der Waals surface area contributed by atoms with Crippen LogP contribution in [0, 0.1) is 0 Å². The van der Waals surface area contributed by atoms with Crippen molar-refractivity contribution < 1.29 is 23.7 Å². The van der Waals surface area contributed by atoms with Crippen molar-refractivity contribution in [3.63, 3.8) is 0 Å². The van der Waals surface area contributed by atoms with Crippen molar-refractivity contribution in [1.29, 1.82) is 0 Å². The van der Waals surface area contributed by atoms with Gasteiger partial charge in [0.2, 0.25) is 0 Å². The number of esters is 1. The normalized spacial score (nSPS) is 13.2. The molecule has 5 nitrogen and oxygen atoms in total. The van der Waals surface area contributed by atoms with Crippen molar-refractivity contribution in [3.05, 3.63) is 12.2 Å². The molecular formula is C13H24O5. The highest BCUT2D eigenvalue weighted by atomic mass is 16.9. The minimum Gasteiger partial charge on any atom is -0.402 e. The summed E-state index contributed by atoms with van der Waals surface area (Å²) in [5, 5.41) is 0. The Balaban J connectivity index is 5.05. The first-order chi connectivity index (χ1) is 8.43. The quantitative estimate of drug-likeness (QED) is 0.361. The molecule has 0 aliphatic rings. The molecule has 0 saturated carbocycles. The van der Waals surface area contributed by atoms with E-state index in [1.807, 2.05) is 6.92 Å². The molecule has 0 rings (SSSR count). The standard InChI is InChI=1S/C13H24O5/c1-7-15-11(6)13(16-8-2,17-9-3)18-12(14)10(4)5/h11H,4,7-9H2,1-3,5-6H3. The van der Waals surface area contributed by atoms with Crippen molar-refractivity contribution in [1.82, 2.24) is 0 Å². The van der Waals surface area contributed by atoms with Gasteiger partial charge >= 0.3 is 11.9 Å². The Hall–Kier alpha value is -0.910. The van der Waals surface area contributed by atoms with Gasteiger partial charge in [0.15, 0.2) is 0 Å². The van der Waals surface area contributed by atoms with E-state index in [0.29, 0.717) is 19.8 Å². The van der Waals surface area contributed by atoms with E-state index in [0.717, 1.165) is 0 Å². The Labute approximate surface area is 109 Å².